The number of aromatic amines is 1. The average Bonchev–Trinajstić information content (AvgIpc) is 3.28. The third kappa shape index (κ3) is 5.29. The quantitative estimate of drug-likeness (QED) is 0.363. The summed E-state index contributed by atoms with van der Waals surface area (Å²) < 4.78 is 16.5. The third-order valence-electron chi connectivity index (χ3n) is 6.40. The minimum Gasteiger partial charge on any atom is -0.334 e. The van der Waals surface area contributed by atoms with E-state index in [1.54, 1.807) is 18.2 Å². The number of carbonyl (C=O) groups is 1. The molecule has 9 nitrogen and oxygen atoms in total. The molecule has 4 aromatic rings. The van der Waals surface area contributed by atoms with Crippen LogP contribution < -0.4 is 16.2 Å². The minimum atomic E-state index is -0.577. The fraction of sp³-hybridized carbons (Fsp3) is 0.259. The molecule has 3 N–H and O–H groups in total. The Balaban J connectivity index is 1.37. The molecule has 10 heteroatoms. The highest BCUT2D eigenvalue weighted by Gasteiger charge is 2.17. The van der Waals surface area contributed by atoms with Crippen molar-refractivity contribution in [2.75, 3.05) is 24.2 Å². The number of rotatable bonds is 6. The normalized spacial score (nSPS) is 13.4. The van der Waals surface area contributed by atoms with Gasteiger partial charge < -0.3 is 10.6 Å². The van der Waals surface area contributed by atoms with Gasteiger partial charge in [0.15, 0.2) is 5.82 Å². The maximum Gasteiger partial charge on any atom is 0.287 e. The number of nitrogens with one attached hydrogen (secondary N) is 3. The molecular weight excluding hydrogens is 473 g/mol. The van der Waals surface area contributed by atoms with Gasteiger partial charge in [-0.3, -0.25) is 19.2 Å². The molecule has 0 unspecified atom stereocenters. The first-order valence-electron chi connectivity index (χ1n) is 12.1. The van der Waals surface area contributed by atoms with Crippen LogP contribution in [-0.4, -0.2) is 44.4 Å². The SMILES string of the molecule is CC(C)c1ccc(C(=O)Nc2cc(-c3cc(Nc4cc5n(n4)CCN(C)C5)c(=O)[nH]n3)ccc2F)cc1. The van der Waals surface area contributed by atoms with Gasteiger partial charge in [0.2, 0.25) is 0 Å². The van der Waals surface area contributed by atoms with Crippen molar-refractivity contribution in [2.24, 2.45) is 0 Å². The highest BCUT2D eigenvalue weighted by Crippen LogP contribution is 2.26. The van der Waals surface area contributed by atoms with Crippen molar-refractivity contribution in [3.8, 4) is 11.3 Å². The molecule has 0 saturated carbocycles. The zero-order chi connectivity index (χ0) is 26.1. The Morgan fingerprint density at radius 3 is 2.59 bits per heavy atom. The molecule has 0 radical (unpaired) electrons. The van der Waals surface area contributed by atoms with Gasteiger partial charge in [-0.1, -0.05) is 26.0 Å². The predicted molar refractivity (Wildman–Crippen MR) is 141 cm³/mol. The van der Waals surface area contributed by atoms with Crippen molar-refractivity contribution in [1.82, 2.24) is 24.9 Å². The highest BCUT2D eigenvalue weighted by molar-refractivity contribution is 6.04. The van der Waals surface area contributed by atoms with Gasteiger partial charge in [-0.05, 0) is 54.9 Å². The summed E-state index contributed by atoms with van der Waals surface area (Å²) in [7, 11) is 2.05. The van der Waals surface area contributed by atoms with Gasteiger partial charge in [-0.15, -0.1) is 0 Å². The molecular formula is C27H28FN7O2. The Morgan fingerprint density at radius 1 is 1.05 bits per heavy atom. The first kappa shape index (κ1) is 24.4. The van der Waals surface area contributed by atoms with E-state index in [2.05, 4.69) is 44.7 Å². The Kier molecular flexibility index (Phi) is 6.58. The van der Waals surface area contributed by atoms with Gasteiger partial charge in [-0.2, -0.15) is 10.2 Å². The summed E-state index contributed by atoms with van der Waals surface area (Å²) in [4.78, 5) is 27.4. The van der Waals surface area contributed by atoms with E-state index < -0.39 is 17.3 Å². The number of halogens is 1. The van der Waals surface area contributed by atoms with E-state index in [0.29, 0.717) is 28.6 Å². The number of anilines is 3. The summed E-state index contributed by atoms with van der Waals surface area (Å²) >= 11 is 0. The van der Waals surface area contributed by atoms with Crippen LogP contribution in [0.1, 0.15) is 41.4 Å². The number of carbonyl (C=O) groups excluding carboxylic acids is 1. The van der Waals surface area contributed by atoms with Crippen molar-refractivity contribution in [2.45, 2.75) is 32.9 Å². The smallest absolute Gasteiger partial charge is 0.287 e. The molecule has 0 atom stereocenters. The molecule has 2 aromatic carbocycles. The molecule has 5 rings (SSSR count). The monoisotopic (exact) mass is 501 g/mol. The molecule has 0 aliphatic carbocycles. The molecule has 0 bridgehead atoms. The van der Waals surface area contributed by atoms with E-state index in [-0.39, 0.29) is 11.4 Å². The van der Waals surface area contributed by atoms with E-state index >= 15 is 0 Å². The maximum atomic E-state index is 14.6. The molecule has 1 amide bonds. The number of likely N-dealkylation sites (N-methyl/N-ethyl adjacent to an activating group) is 1. The second-order valence-corrected chi connectivity index (χ2v) is 9.53. The van der Waals surface area contributed by atoms with Crippen LogP contribution in [0, 0.1) is 5.82 Å². The Labute approximate surface area is 213 Å². The number of aromatic nitrogens is 4. The number of fused-ring (bicyclic) bond motifs is 1. The Bertz CT molecular complexity index is 1510. The highest BCUT2D eigenvalue weighted by atomic mass is 19.1. The van der Waals surface area contributed by atoms with E-state index in [9.17, 15) is 14.0 Å². The second kappa shape index (κ2) is 9.98. The Morgan fingerprint density at radius 2 is 1.84 bits per heavy atom. The van der Waals surface area contributed by atoms with Crippen molar-refractivity contribution < 1.29 is 9.18 Å². The predicted octanol–water partition coefficient (Wildman–Crippen LogP) is 4.34. The number of benzene rings is 2. The summed E-state index contributed by atoms with van der Waals surface area (Å²) in [5.41, 5.74) is 3.39. The average molecular weight is 502 g/mol. The molecule has 0 saturated heterocycles. The lowest BCUT2D eigenvalue weighted by atomic mass is 10.0. The van der Waals surface area contributed by atoms with Gasteiger partial charge >= 0.3 is 0 Å². The number of amides is 1. The van der Waals surface area contributed by atoms with E-state index in [0.717, 1.165) is 30.9 Å². The lowest BCUT2D eigenvalue weighted by molar-refractivity contribution is 0.102. The van der Waals surface area contributed by atoms with E-state index in [1.165, 1.54) is 18.2 Å². The van der Waals surface area contributed by atoms with Gasteiger partial charge in [0, 0.05) is 30.3 Å². The van der Waals surface area contributed by atoms with Crippen molar-refractivity contribution >= 4 is 23.1 Å². The van der Waals surface area contributed by atoms with Crippen LogP contribution in [0.15, 0.2) is 59.4 Å². The molecule has 37 heavy (non-hydrogen) atoms. The Hall–Kier alpha value is -4.31. The standard InChI is InChI=1S/C27H28FN7O2/c1-16(2)17-4-6-18(7-5-17)26(36)30-23-12-19(8-9-21(23)28)22-14-24(27(37)32-31-22)29-25-13-20-15-34(3)10-11-35(20)33-25/h4-9,12-14,16H,10-11,15H2,1-3H3,(H,30,36)(H,32,37)(H,29,31,33). The van der Waals surface area contributed by atoms with Crippen molar-refractivity contribution in [3.63, 3.8) is 0 Å². The van der Waals surface area contributed by atoms with Crippen LogP contribution in [0.3, 0.4) is 0 Å². The van der Waals surface area contributed by atoms with Crippen LogP contribution in [0.25, 0.3) is 11.3 Å². The van der Waals surface area contributed by atoms with E-state index in [4.69, 9.17) is 0 Å². The zero-order valence-corrected chi connectivity index (χ0v) is 20.9. The molecule has 3 heterocycles. The minimum absolute atomic E-state index is 0.0174. The van der Waals surface area contributed by atoms with E-state index in [1.807, 2.05) is 29.9 Å². The molecule has 0 fully saturated rings. The third-order valence-corrected chi connectivity index (χ3v) is 6.40. The molecule has 1 aliphatic heterocycles. The fourth-order valence-electron chi connectivity index (χ4n) is 4.24. The summed E-state index contributed by atoms with van der Waals surface area (Å²) in [5, 5.41) is 16.8. The van der Waals surface area contributed by atoms with Gasteiger partial charge in [0.25, 0.3) is 11.5 Å². The van der Waals surface area contributed by atoms with Crippen molar-refractivity contribution in [1.29, 1.82) is 0 Å². The number of hydrogen-bond donors (Lipinski definition) is 3. The first-order chi connectivity index (χ1) is 17.8. The van der Waals surface area contributed by atoms with Gasteiger partial charge in [0.1, 0.15) is 11.5 Å². The zero-order valence-electron chi connectivity index (χ0n) is 20.9. The largest absolute Gasteiger partial charge is 0.334 e. The summed E-state index contributed by atoms with van der Waals surface area (Å²) in [6.07, 6.45) is 0. The molecule has 190 valence electrons. The van der Waals surface area contributed by atoms with Gasteiger partial charge in [0.05, 0.1) is 23.6 Å². The lowest BCUT2D eigenvalue weighted by Gasteiger charge is -2.22. The van der Waals surface area contributed by atoms with Crippen LogP contribution in [-0.2, 0) is 13.1 Å². The lowest BCUT2D eigenvalue weighted by Crippen LogP contribution is -2.30. The molecule has 1 aliphatic rings. The number of nitrogens with zero attached hydrogens (tertiary/aromatic N) is 4. The van der Waals surface area contributed by atoms with Crippen molar-refractivity contribution in [3.05, 3.63) is 87.6 Å². The second-order valence-electron chi connectivity index (χ2n) is 9.53. The molecule has 0 spiro atoms. The number of H-pyrrole nitrogens is 1. The van der Waals surface area contributed by atoms with Crippen LogP contribution >= 0.6 is 0 Å². The molecule has 2 aromatic heterocycles. The summed E-state index contributed by atoms with van der Waals surface area (Å²) in [6.45, 7) is 6.60. The maximum absolute atomic E-state index is 14.6. The van der Waals surface area contributed by atoms with Gasteiger partial charge in [-0.25, -0.2) is 9.49 Å². The van der Waals surface area contributed by atoms with Crippen LogP contribution in [0.2, 0.25) is 0 Å². The summed E-state index contributed by atoms with van der Waals surface area (Å²) in [6, 6.07) is 15.0. The summed E-state index contributed by atoms with van der Waals surface area (Å²) in [5.74, 6) is -0.0931. The van der Waals surface area contributed by atoms with Crippen LogP contribution in [0.5, 0.6) is 0 Å². The topological polar surface area (TPSA) is 108 Å². The van der Waals surface area contributed by atoms with Crippen LogP contribution in [0.4, 0.5) is 21.6 Å². The first-order valence-corrected chi connectivity index (χ1v) is 12.1. The fourth-order valence-corrected chi connectivity index (χ4v) is 4.24. The number of hydrogen-bond acceptors (Lipinski definition) is 6.